The van der Waals surface area contributed by atoms with Crippen LogP contribution in [0.3, 0.4) is 0 Å². The summed E-state index contributed by atoms with van der Waals surface area (Å²) in [6, 6.07) is 17.4. The van der Waals surface area contributed by atoms with Crippen LogP contribution in [0, 0.1) is 11.3 Å². The van der Waals surface area contributed by atoms with Gasteiger partial charge in [0.1, 0.15) is 16.8 Å². The van der Waals surface area contributed by atoms with E-state index in [0.29, 0.717) is 22.2 Å². The maximum Gasteiger partial charge on any atom is 0.134 e. The van der Waals surface area contributed by atoms with Crippen LogP contribution in [0.25, 0.3) is 22.9 Å². The Hall–Kier alpha value is -2.61. The van der Waals surface area contributed by atoms with E-state index in [2.05, 4.69) is 11.1 Å². The summed E-state index contributed by atoms with van der Waals surface area (Å²) in [7, 11) is 0. The lowest BCUT2D eigenvalue weighted by Crippen LogP contribution is -1.93. The van der Waals surface area contributed by atoms with E-state index in [0.717, 1.165) is 22.6 Å². The van der Waals surface area contributed by atoms with Gasteiger partial charge in [0.2, 0.25) is 0 Å². The second-order valence-corrected chi connectivity index (χ2v) is 6.48. The fourth-order valence-corrected chi connectivity index (χ4v) is 3.26. The van der Waals surface area contributed by atoms with Gasteiger partial charge in [-0.05, 0) is 31.2 Å². The number of rotatable bonds is 5. The van der Waals surface area contributed by atoms with Gasteiger partial charge in [-0.2, -0.15) is 5.26 Å². The van der Waals surface area contributed by atoms with E-state index < -0.39 is 0 Å². The Labute approximate surface area is 155 Å². The molecule has 0 unspecified atom stereocenters. The van der Waals surface area contributed by atoms with Crippen LogP contribution >= 0.6 is 22.9 Å². The summed E-state index contributed by atoms with van der Waals surface area (Å²) >= 11 is 7.37. The molecule has 1 heterocycles. The average Bonchev–Trinajstić information content (AvgIpc) is 3.11. The fraction of sp³-hybridized carbons (Fsp3) is 0.100. The van der Waals surface area contributed by atoms with Crippen LogP contribution in [0.1, 0.15) is 17.5 Å². The first kappa shape index (κ1) is 17.2. The lowest BCUT2D eigenvalue weighted by atomic mass is 10.1. The second kappa shape index (κ2) is 7.98. The van der Waals surface area contributed by atoms with Crippen LogP contribution in [0.15, 0.2) is 53.9 Å². The van der Waals surface area contributed by atoms with E-state index in [4.69, 9.17) is 16.3 Å². The van der Waals surface area contributed by atoms with Crippen molar-refractivity contribution in [3.8, 4) is 23.1 Å². The van der Waals surface area contributed by atoms with Crippen LogP contribution in [0.2, 0.25) is 5.02 Å². The quantitative estimate of drug-likeness (QED) is 0.526. The minimum atomic E-state index is 0.511. The highest BCUT2D eigenvalue weighted by atomic mass is 35.5. The molecule has 0 bridgehead atoms. The average molecular weight is 367 g/mol. The van der Waals surface area contributed by atoms with Crippen molar-refractivity contribution in [3.05, 3.63) is 69.5 Å². The van der Waals surface area contributed by atoms with Crippen LogP contribution in [-0.4, -0.2) is 11.6 Å². The Morgan fingerprint density at radius 3 is 2.72 bits per heavy atom. The lowest BCUT2D eigenvalue weighted by Gasteiger charge is -2.06. The molecule has 5 heteroatoms. The van der Waals surface area contributed by atoms with Gasteiger partial charge in [0.25, 0.3) is 0 Å². The van der Waals surface area contributed by atoms with Gasteiger partial charge < -0.3 is 4.74 Å². The van der Waals surface area contributed by atoms with Crippen LogP contribution < -0.4 is 4.74 Å². The van der Waals surface area contributed by atoms with E-state index in [1.807, 2.05) is 66.9 Å². The minimum absolute atomic E-state index is 0.511. The summed E-state index contributed by atoms with van der Waals surface area (Å²) in [6.07, 6.45) is 1.81. The molecule has 0 radical (unpaired) electrons. The predicted molar refractivity (Wildman–Crippen MR) is 104 cm³/mol. The Morgan fingerprint density at radius 1 is 1.24 bits per heavy atom. The smallest absolute Gasteiger partial charge is 0.134 e. The van der Waals surface area contributed by atoms with Gasteiger partial charge in [0.05, 0.1) is 17.9 Å². The van der Waals surface area contributed by atoms with E-state index in [-0.39, 0.29) is 0 Å². The van der Waals surface area contributed by atoms with Crippen molar-refractivity contribution < 1.29 is 4.74 Å². The van der Waals surface area contributed by atoms with Gasteiger partial charge in [-0.3, -0.25) is 0 Å². The lowest BCUT2D eigenvalue weighted by molar-refractivity contribution is 0.339. The standard InChI is InChI=1S/C20H15ClN2OS/c1-2-24-19-6-4-3-5-15(19)11-16(12-22)20-23-18(13-25-20)14-7-9-17(21)10-8-14/h3-11,13H,2H2,1H3/b16-11+. The molecule has 3 aromatic rings. The van der Waals surface area contributed by atoms with Crippen molar-refractivity contribution in [2.75, 3.05) is 6.61 Å². The number of para-hydroxylation sites is 1. The largest absolute Gasteiger partial charge is 0.493 e. The molecule has 0 N–H and O–H groups in total. The number of hydrogen-bond donors (Lipinski definition) is 0. The van der Waals surface area contributed by atoms with Crippen LogP contribution in [-0.2, 0) is 0 Å². The highest BCUT2D eigenvalue weighted by molar-refractivity contribution is 7.11. The van der Waals surface area contributed by atoms with Crippen molar-refractivity contribution in [1.29, 1.82) is 5.26 Å². The van der Waals surface area contributed by atoms with Crippen molar-refractivity contribution in [1.82, 2.24) is 4.98 Å². The number of benzene rings is 2. The zero-order valence-corrected chi connectivity index (χ0v) is 15.1. The molecular formula is C20H15ClN2OS. The monoisotopic (exact) mass is 366 g/mol. The van der Waals surface area contributed by atoms with Gasteiger partial charge in [-0.25, -0.2) is 4.98 Å². The summed E-state index contributed by atoms with van der Waals surface area (Å²) in [5.74, 6) is 0.757. The molecule has 2 aromatic carbocycles. The molecule has 0 spiro atoms. The molecule has 124 valence electrons. The normalized spacial score (nSPS) is 11.2. The molecule has 1 aromatic heterocycles. The summed E-state index contributed by atoms with van der Waals surface area (Å²) in [4.78, 5) is 4.60. The van der Waals surface area contributed by atoms with Gasteiger partial charge in [-0.1, -0.05) is 41.9 Å². The molecule has 0 saturated heterocycles. The third-order valence-electron chi connectivity index (χ3n) is 3.51. The van der Waals surface area contributed by atoms with Gasteiger partial charge in [-0.15, -0.1) is 11.3 Å². The summed E-state index contributed by atoms with van der Waals surface area (Å²) in [5, 5.41) is 12.9. The highest BCUT2D eigenvalue weighted by Gasteiger charge is 2.10. The minimum Gasteiger partial charge on any atom is -0.493 e. The van der Waals surface area contributed by atoms with Crippen molar-refractivity contribution in [2.24, 2.45) is 0 Å². The molecule has 0 aliphatic rings. The zero-order chi connectivity index (χ0) is 17.6. The third-order valence-corrected chi connectivity index (χ3v) is 4.64. The summed E-state index contributed by atoms with van der Waals surface area (Å²) in [5.41, 5.74) is 3.18. The van der Waals surface area contributed by atoms with Gasteiger partial charge in [0.15, 0.2) is 0 Å². The molecule has 0 fully saturated rings. The van der Waals surface area contributed by atoms with Gasteiger partial charge in [0, 0.05) is 21.5 Å². The predicted octanol–water partition coefficient (Wildman–Crippen LogP) is 5.93. The van der Waals surface area contributed by atoms with E-state index in [1.54, 1.807) is 0 Å². The van der Waals surface area contributed by atoms with Crippen molar-refractivity contribution in [3.63, 3.8) is 0 Å². The number of nitriles is 1. The molecule has 0 aliphatic carbocycles. The number of ether oxygens (including phenoxy) is 1. The maximum atomic E-state index is 9.57. The Morgan fingerprint density at radius 2 is 2.00 bits per heavy atom. The molecule has 0 aliphatic heterocycles. The summed E-state index contributed by atoms with van der Waals surface area (Å²) < 4.78 is 5.62. The van der Waals surface area contributed by atoms with E-state index in [9.17, 15) is 5.26 Å². The maximum absolute atomic E-state index is 9.57. The van der Waals surface area contributed by atoms with E-state index in [1.165, 1.54) is 11.3 Å². The molecular weight excluding hydrogens is 352 g/mol. The molecule has 25 heavy (non-hydrogen) atoms. The van der Waals surface area contributed by atoms with Crippen LogP contribution in [0.5, 0.6) is 5.75 Å². The zero-order valence-electron chi connectivity index (χ0n) is 13.6. The van der Waals surface area contributed by atoms with E-state index >= 15 is 0 Å². The molecule has 0 atom stereocenters. The highest BCUT2D eigenvalue weighted by Crippen LogP contribution is 2.29. The Kier molecular flexibility index (Phi) is 5.49. The second-order valence-electron chi connectivity index (χ2n) is 5.19. The molecule has 0 saturated carbocycles. The fourth-order valence-electron chi connectivity index (χ4n) is 2.33. The SMILES string of the molecule is CCOc1ccccc1/C=C(\C#N)c1nc(-c2ccc(Cl)cc2)cs1. The first-order chi connectivity index (χ1) is 12.2. The first-order valence-electron chi connectivity index (χ1n) is 7.76. The molecule has 0 amide bonds. The number of hydrogen-bond acceptors (Lipinski definition) is 4. The summed E-state index contributed by atoms with van der Waals surface area (Å²) in [6.45, 7) is 2.51. The number of nitrogens with zero attached hydrogens (tertiary/aromatic N) is 2. The number of aromatic nitrogens is 1. The Balaban J connectivity index is 1.95. The van der Waals surface area contributed by atoms with Crippen LogP contribution in [0.4, 0.5) is 0 Å². The third kappa shape index (κ3) is 4.08. The molecule has 3 rings (SSSR count). The van der Waals surface area contributed by atoms with Crippen molar-refractivity contribution in [2.45, 2.75) is 6.92 Å². The number of halogens is 1. The topological polar surface area (TPSA) is 45.9 Å². The number of thiazole rings is 1. The van der Waals surface area contributed by atoms with Crippen molar-refractivity contribution >= 4 is 34.6 Å². The first-order valence-corrected chi connectivity index (χ1v) is 9.02. The van der Waals surface area contributed by atoms with Gasteiger partial charge >= 0.3 is 0 Å². The Bertz CT molecular complexity index is 939. The number of allylic oxidation sites excluding steroid dienone is 1. The molecule has 3 nitrogen and oxygen atoms in total.